The lowest BCUT2D eigenvalue weighted by atomic mass is 9.87. The Morgan fingerprint density at radius 3 is 2.35 bits per heavy atom. The van der Waals surface area contributed by atoms with Gasteiger partial charge in [0.25, 0.3) is 0 Å². The van der Waals surface area contributed by atoms with E-state index in [1.807, 2.05) is 39.5 Å². The van der Waals surface area contributed by atoms with E-state index in [1.165, 1.54) is 11.1 Å². The van der Waals surface area contributed by atoms with Crippen LogP contribution in [0.5, 0.6) is 0 Å². The second kappa shape index (κ2) is 9.22. The zero-order valence-electron chi connectivity index (χ0n) is 17.0. The maximum atomic E-state index is 12.0. The molecule has 26 heavy (non-hydrogen) atoms. The number of nitrogens with zero attached hydrogens (tertiary/aromatic N) is 2. The average molecular weight is 359 g/mol. The van der Waals surface area contributed by atoms with Gasteiger partial charge in [-0.15, -0.1) is 0 Å². The van der Waals surface area contributed by atoms with E-state index in [9.17, 15) is 4.79 Å². The van der Waals surface area contributed by atoms with Crippen LogP contribution in [0.15, 0.2) is 42.0 Å². The molecule has 144 valence electrons. The number of carbonyl (C=O) groups excluding carboxylic acids is 1. The fourth-order valence-corrected chi connectivity index (χ4v) is 3.27. The molecule has 2 heterocycles. The van der Waals surface area contributed by atoms with E-state index in [4.69, 9.17) is 4.74 Å². The molecular weight excluding hydrogens is 324 g/mol. The number of benzene rings is 1. The normalized spacial score (nSPS) is 18.3. The first kappa shape index (κ1) is 20.5. The summed E-state index contributed by atoms with van der Waals surface area (Å²) in [5.41, 5.74) is 2.47. The Labute approximate surface area is 158 Å². The van der Waals surface area contributed by atoms with Gasteiger partial charge in [0.1, 0.15) is 5.60 Å². The van der Waals surface area contributed by atoms with Crippen molar-refractivity contribution < 1.29 is 9.53 Å². The van der Waals surface area contributed by atoms with Crippen LogP contribution in [0.4, 0.5) is 4.79 Å². The Hall–Kier alpha value is -1.81. The molecule has 4 heteroatoms. The smallest absolute Gasteiger partial charge is 0.410 e. The molecule has 0 aromatic heterocycles. The standard InChI is InChI=1S/C20H28N2O2.C2H6/c1-20(2,3)24-19(23)22-14-18(15-22)17-9-11-21(12-10-17)13-16-7-5-4-6-8-16;1-2/h4-9,18H,10-15H2,1-3H3;1-2H3. The number of carbonyl (C=O) groups is 1. The Morgan fingerprint density at radius 2 is 1.81 bits per heavy atom. The van der Waals surface area contributed by atoms with E-state index in [-0.39, 0.29) is 6.09 Å². The molecule has 2 aliphatic rings. The maximum Gasteiger partial charge on any atom is 0.410 e. The monoisotopic (exact) mass is 358 g/mol. The van der Waals surface area contributed by atoms with Gasteiger partial charge in [-0.05, 0) is 32.8 Å². The summed E-state index contributed by atoms with van der Waals surface area (Å²) >= 11 is 0. The predicted octanol–water partition coefficient (Wildman–Crippen LogP) is 4.71. The molecule has 1 fully saturated rings. The molecule has 0 unspecified atom stereocenters. The first-order valence-corrected chi connectivity index (χ1v) is 9.84. The summed E-state index contributed by atoms with van der Waals surface area (Å²) in [5.74, 6) is 0.524. The Kier molecular flexibility index (Phi) is 7.27. The van der Waals surface area contributed by atoms with E-state index in [2.05, 4.69) is 41.3 Å². The largest absolute Gasteiger partial charge is 0.444 e. The first-order valence-electron chi connectivity index (χ1n) is 9.84. The zero-order chi connectivity index (χ0) is 19.2. The van der Waals surface area contributed by atoms with Crippen molar-refractivity contribution in [1.29, 1.82) is 0 Å². The lowest BCUT2D eigenvalue weighted by Crippen LogP contribution is -2.52. The highest BCUT2D eigenvalue weighted by molar-refractivity contribution is 5.69. The van der Waals surface area contributed by atoms with Crippen LogP contribution >= 0.6 is 0 Å². The van der Waals surface area contributed by atoms with E-state index < -0.39 is 5.60 Å². The lowest BCUT2D eigenvalue weighted by Gasteiger charge is -2.42. The van der Waals surface area contributed by atoms with Gasteiger partial charge in [-0.2, -0.15) is 0 Å². The van der Waals surface area contributed by atoms with E-state index >= 15 is 0 Å². The Morgan fingerprint density at radius 1 is 1.15 bits per heavy atom. The van der Waals surface area contributed by atoms with Crippen LogP contribution in [0.1, 0.15) is 46.6 Å². The van der Waals surface area contributed by atoms with Gasteiger partial charge in [0.05, 0.1) is 0 Å². The third-order valence-corrected chi connectivity index (χ3v) is 4.64. The molecule has 3 rings (SSSR count). The summed E-state index contributed by atoms with van der Waals surface area (Å²) in [6.07, 6.45) is 3.30. The van der Waals surface area contributed by atoms with Crippen LogP contribution in [-0.4, -0.2) is 47.7 Å². The maximum absolute atomic E-state index is 12.0. The van der Waals surface area contributed by atoms with Gasteiger partial charge in [-0.1, -0.05) is 55.8 Å². The molecule has 0 spiro atoms. The van der Waals surface area contributed by atoms with Gasteiger partial charge in [0, 0.05) is 38.6 Å². The van der Waals surface area contributed by atoms with E-state index in [1.54, 1.807) is 0 Å². The topological polar surface area (TPSA) is 32.8 Å². The molecule has 0 atom stereocenters. The Balaban J connectivity index is 0.00000117. The van der Waals surface area contributed by atoms with Crippen LogP contribution in [-0.2, 0) is 11.3 Å². The highest BCUT2D eigenvalue weighted by Gasteiger charge is 2.36. The summed E-state index contributed by atoms with van der Waals surface area (Å²) in [4.78, 5) is 16.3. The van der Waals surface area contributed by atoms with Crippen molar-refractivity contribution in [2.24, 2.45) is 5.92 Å². The molecule has 2 aliphatic heterocycles. The zero-order valence-corrected chi connectivity index (χ0v) is 17.0. The number of hydrogen-bond donors (Lipinski definition) is 0. The second-order valence-corrected chi connectivity index (χ2v) is 7.83. The lowest BCUT2D eigenvalue weighted by molar-refractivity contribution is 0.00295. The van der Waals surface area contributed by atoms with Gasteiger partial charge >= 0.3 is 6.09 Å². The predicted molar refractivity (Wildman–Crippen MR) is 107 cm³/mol. The van der Waals surface area contributed by atoms with Crippen molar-refractivity contribution in [3.63, 3.8) is 0 Å². The second-order valence-electron chi connectivity index (χ2n) is 7.83. The number of likely N-dealkylation sites (tertiary alicyclic amines) is 1. The van der Waals surface area contributed by atoms with Crippen molar-refractivity contribution in [2.75, 3.05) is 26.2 Å². The molecule has 0 bridgehead atoms. The molecule has 1 aromatic rings. The van der Waals surface area contributed by atoms with E-state index in [0.29, 0.717) is 5.92 Å². The fraction of sp³-hybridized carbons (Fsp3) is 0.591. The van der Waals surface area contributed by atoms with Crippen LogP contribution in [0.3, 0.4) is 0 Å². The van der Waals surface area contributed by atoms with Crippen molar-refractivity contribution >= 4 is 6.09 Å². The third-order valence-electron chi connectivity index (χ3n) is 4.64. The van der Waals surface area contributed by atoms with Crippen LogP contribution in [0, 0.1) is 5.92 Å². The first-order chi connectivity index (χ1) is 12.4. The molecule has 0 N–H and O–H groups in total. The quantitative estimate of drug-likeness (QED) is 0.734. The molecule has 1 saturated heterocycles. The van der Waals surface area contributed by atoms with Gasteiger partial charge in [-0.3, -0.25) is 4.90 Å². The van der Waals surface area contributed by atoms with Gasteiger partial charge in [-0.25, -0.2) is 4.79 Å². The number of ether oxygens (including phenoxy) is 1. The van der Waals surface area contributed by atoms with Crippen molar-refractivity contribution in [3.8, 4) is 0 Å². The van der Waals surface area contributed by atoms with Crippen LogP contribution < -0.4 is 0 Å². The summed E-state index contributed by atoms with van der Waals surface area (Å²) in [6, 6.07) is 10.6. The summed E-state index contributed by atoms with van der Waals surface area (Å²) in [7, 11) is 0. The number of amides is 1. The SMILES string of the molecule is CC.CC(C)(C)OC(=O)N1CC(C2=CCN(Cc3ccccc3)CC2)C1. The fourth-order valence-electron chi connectivity index (χ4n) is 3.27. The van der Waals surface area contributed by atoms with Gasteiger partial charge in [0.15, 0.2) is 0 Å². The highest BCUT2D eigenvalue weighted by Crippen LogP contribution is 2.29. The van der Waals surface area contributed by atoms with E-state index in [0.717, 1.165) is 39.1 Å². The highest BCUT2D eigenvalue weighted by atomic mass is 16.6. The van der Waals surface area contributed by atoms with Gasteiger partial charge < -0.3 is 9.64 Å². The minimum atomic E-state index is -0.412. The third kappa shape index (κ3) is 5.87. The van der Waals surface area contributed by atoms with Crippen molar-refractivity contribution in [1.82, 2.24) is 9.80 Å². The minimum Gasteiger partial charge on any atom is -0.444 e. The molecule has 0 aliphatic carbocycles. The minimum absolute atomic E-state index is 0.180. The van der Waals surface area contributed by atoms with Crippen molar-refractivity contribution in [2.45, 2.75) is 53.2 Å². The average Bonchev–Trinajstić information content (AvgIpc) is 2.56. The molecule has 4 nitrogen and oxygen atoms in total. The Bertz CT molecular complexity index is 598. The molecular formula is C22H34N2O2. The molecule has 0 radical (unpaired) electrons. The van der Waals surface area contributed by atoms with Crippen LogP contribution in [0.25, 0.3) is 0 Å². The van der Waals surface area contributed by atoms with Crippen molar-refractivity contribution in [3.05, 3.63) is 47.5 Å². The van der Waals surface area contributed by atoms with Gasteiger partial charge in [0.2, 0.25) is 0 Å². The molecule has 0 saturated carbocycles. The molecule has 1 aromatic carbocycles. The summed E-state index contributed by atoms with van der Waals surface area (Å²) < 4.78 is 5.42. The number of hydrogen-bond acceptors (Lipinski definition) is 3. The molecule has 1 amide bonds. The number of rotatable bonds is 3. The summed E-state index contributed by atoms with van der Waals surface area (Å²) in [6.45, 7) is 14.5. The summed E-state index contributed by atoms with van der Waals surface area (Å²) in [5, 5.41) is 0. The van der Waals surface area contributed by atoms with Crippen LogP contribution in [0.2, 0.25) is 0 Å².